The zero-order valence-corrected chi connectivity index (χ0v) is 6.71. The smallest absolute Gasteiger partial charge is 0.188 e. The van der Waals surface area contributed by atoms with E-state index >= 15 is 0 Å². The van der Waals surface area contributed by atoms with Crippen molar-refractivity contribution in [3.8, 4) is 0 Å². The van der Waals surface area contributed by atoms with Crippen LogP contribution >= 0.6 is 0 Å². The molecule has 0 heterocycles. The number of nitrogens with one attached hydrogen (secondary N) is 1. The highest BCUT2D eigenvalue weighted by atomic mass is 15.3. The minimum absolute atomic E-state index is 0.277. The standard InChI is InChI=1S/C8H15N3/c9-8(10)11(7-3-4-7)5-6-1-2-6/h6-7H,1-5H2,(H3,9,10). The van der Waals surface area contributed by atoms with Gasteiger partial charge in [0.05, 0.1) is 0 Å². The lowest BCUT2D eigenvalue weighted by Gasteiger charge is -2.21. The van der Waals surface area contributed by atoms with E-state index in [4.69, 9.17) is 11.1 Å². The Morgan fingerprint density at radius 3 is 2.36 bits per heavy atom. The summed E-state index contributed by atoms with van der Waals surface area (Å²) < 4.78 is 0. The molecule has 2 rings (SSSR count). The summed E-state index contributed by atoms with van der Waals surface area (Å²) in [5, 5.41) is 7.35. The Morgan fingerprint density at radius 1 is 1.36 bits per heavy atom. The quantitative estimate of drug-likeness (QED) is 0.464. The first kappa shape index (κ1) is 6.95. The maximum absolute atomic E-state index is 7.35. The second-order valence-electron chi connectivity index (χ2n) is 3.71. The van der Waals surface area contributed by atoms with Crippen LogP contribution in [0.4, 0.5) is 0 Å². The fourth-order valence-corrected chi connectivity index (χ4v) is 1.41. The van der Waals surface area contributed by atoms with Crippen LogP contribution in [0.1, 0.15) is 25.7 Å². The minimum atomic E-state index is 0.277. The molecule has 2 aliphatic carbocycles. The van der Waals surface area contributed by atoms with Gasteiger partial charge in [-0.05, 0) is 31.6 Å². The van der Waals surface area contributed by atoms with E-state index in [1.165, 1.54) is 25.7 Å². The first-order valence-electron chi connectivity index (χ1n) is 4.38. The van der Waals surface area contributed by atoms with Crippen LogP contribution in [0.25, 0.3) is 0 Å². The molecule has 0 unspecified atom stereocenters. The number of guanidine groups is 1. The zero-order valence-electron chi connectivity index (χ0n) is 6.71. The van der Waals surface area contributed by atoms with Crippen molar-refractivity contribution in [1.82, 2.24) is 4.90 Å². The van der Waals surface area contributed by atoms with E-state index in [9.17, 15) is 0 Å². The van der Waals surface area contributed by atoms with E-state index < -0.39 is 0 Å². The van der Waals surface area contributed by atoms with Crippen molar-refractivity contribution in [1.29, 1.82) is 5.41 Å². The van der Waals surface area contributed by atoms with Gasteiger partial charge in [0.25, 0.3) is 0 Å². The zero-order chi connectivity index (χ0) is 7.84. The van der Waals surface area contributed by atoms with Gasteiger partial charge in [-0.15, -0.1) is 0 Å². The van der Waals surface area contributed by atoms with Crippen molar-refractivity contribution >= 4 is 5.96 Å². The molecule has 62 valence electrons. The second-order valence-corrected chi connectivity index (χ2v) is 3.71. The molecular weight excluding hydrogens is 138 g/mol. The molecule has 11 heavy (non-hydrogen) atoms. The molecule has 0 radical (unpaired) electrons. The molecule has 0 aliphatic heterocycles. The largest absolute Gasteiger partial charge is 0.370 e. The molecule has 3 N–H and O–H groups in total. The molecule has 2 aliphatic rings. The van der Waals surface area contributed by atoms with Crippen molar-refractivity contribution in [3.63, 3.8) is 0 Å². The lowest BCUT2D eigenvalue weighted by molar-refractivity contribution is 0.384. The Hall–Kier alpha value is -0.730. The van der Waals surface area contributed by atoms with E-state index in [2.05, 4.69) is 4.90 Å². The van der Waals surface area contributed by atoms with E-state index in [0.29, 0.717) is 6.04 Å². The Bertz CT molecular complexity index is 170. The van der Waals surface area contributed by atoms with Gasteiger partial charge in [-0.1, -0.05) is 0 Å². The van der Waals surface area contributed by atoms with Crippen molar-refractivity contribution < 1.29 is 0 Å². The maximum Gasteiger partial charge on any atom is 0.188 e. The monoisotopic (exact) mass is 153 g/mol. The van der Waals surface area contributed by atoms with Crippen LogP contribution in [0.5, 0.6) is 0 Å². The van der Waals surface area contributed by atoms with Crippen LogP contribution in [0, 0.1) is 11.3 Å². The predicted molar refractivity (Wildman–Crippen MR) is 44.4 cm³/mol. The second kappa shape index (κ2) is 2.40. The molecule has 2 saturated carbocycles. The first-order valence-corrected chi connectivity index (χ1v) is 4.38. The molecule has 0 aromatic heterocycles. The molecular formula is C8H15N3. The van der Waals surface area contributed by atoms with E-state index in [1.807, 2.05) is 0 Å². The lowest BCUT2D eigenvalue weighted by atomic mass is 10.3. The minimum Gasteiger partial charge on any atom is -0.370 e. The highest BCUT2D eigenvalue weighted by molar-refractivity contribution is 5.75. The Balaban J connectivity index is 1.85. The van der Waals surface area contributed by atoms with Crippen molar-refractivity contribution in [2.24, 2.45) is 11.7 Å². The van der Waals surface area contributed by atoms with Gasteiger partial charge in [0.1, 0.15) is 0 Å². The summed E-state index contributed by atoms with van der Waals surface area (Å²) in [7, 11) is 0. The molecule has 3 heteroatoms. The molecule has 0 amide bonds. The summed E-state index contributed by atoms with van der Waals surface area (Å²) in [6, 6.07) is 0.619. The van der Waals surface area contributed by atoms with Gasteiger partial charge >= 0.3 is 0 Å². The van der Waals surface area contributed by atoms with E-state index in [-0.39, 0.29) is 5.96 Å². The van der Waals surface area contributed by atoms with E-state index in [1.54, 1.807) is 0 Å². The van der Waals surface area contributed by atoms with Crippen LogP contribution in [-0.4, -0.2) is 23.4 Å². The summed E-state index contributed by atoms with van der Waals surface area (Å²) in [5.74, 6) is 1.12. The summed E-state index contributed by atoms with van der Waals surface area (Å²) in [4.78, 5) is 2.07. The van der Waals surface area contributed by atoms with Gasteiger partial charge < -0.3 is 10.6 Å². The third-order valence-electron chi connectivity index (χ3n) is 2.45. The van der Waals surface area contributed by atoms with Gasteiger partial charge in [-0.2, -0.15) is 0 Å². The molecule has 3 nitrogen and oxygen atoms in total. The molecule has 0 aromatic rings. The van der Waals surface area contributed by atoms with Crippen LogP contribution in [0.3, 0.4) is 0 Å². The van der Waals surface area contributed by atoms with Crippen LogP contribution in [0.2, 0.25) is 0 Å². The summed E-state index contributed by atoms with van der Waals surface area (Å²) in [6.45, 7) is 1.04. The molecule has 0 aromatic carbocycles. The average molecular weight is 153 g/mol. The molecule has 2 fully saturated rings. The normalized spacial score (nSPS) is 23.3. The van der Waals surface area contributed by atoms with Gasteiger partial charge in [0.15, 0.2) is 5.96 Å². The van der Waals surface area contributed by atoms with Gasteiger partial charge in [-0.3, -0.25) is 5.41 Å². The lowest BCUT2D eigenvalue weighted by Crippen LogP contribution is -2.39. The van der Waals surface area contributed by atoms with Gasteiger partial charge in [0.2, 0.25) is 0 Å². The van der Waals surface area contributed by atoms with Gasteiger partial charge in [-0.25, -0.2) is 0 Å². The first-order chi connectivity index (χ1) is 5.27. The number of rotatable bonds is 3. The third kappa shape index (κ3) is 1.64. The van der Waals surface area contributed by atoms with Crippen molar-refractivity contribution in [3.05, 3.63) is 0 Å². The summed E-state index contributed by atoms with van der Waals surface area (Å²) in [5.41, 5.74) is 5.46. The number of nitrogens with zero attached hydrogens (tertiary/aromatic N) is 1. The number of hydrogen-bond acceptors (Lipinski definition) is 1. The van der Waals surface area contributed by atoms with Crippen molar-refractivity contribution in [2.75, 3.05) is 6.54 Å². The molecule has 0 bridgehead atoms. The van der Waals surface area contributed by atoms with E-state index in [0.717, 1.165) is 12.5 Å². The number of hydrogen-bond donors (Lipinski definition) is 2. The fraction of sp³-hybridized carbons (Fsp3) is 0.875. The van der Waals surface area contributed by atoms with Crippen LogP contribution in [-0.2, 0) is 0 Å². The summed E-state index contributed by atoms with van der Waals surface area (Å²) >= 11 is 0. The maximum atomic E-state index is 7.35. The number of nitrogens with two attached hydrogens (primary N) is 1. The third-order valence-corrected chi connectivity index (χ3v) is 2.45. The Kier molecular flexibility index (Phi) is 1.51. The molecule has 0 saturated heterocycles. The van der Waals surface area contributed by atoms with Crippen LogP contribution in [0.15, 0.2) is 0 Å². The topological polar surface area (TPSA) is 53.1 Å². The Labute approximate surface area is 67.1 Å². The molecule has 0 atom stereocenters. The highest BCUT2D eigenvalue weighted by Crippen LogP contribution is 2.34. The fourth-order valence-electron chi connectivity index (χ4n) is 1.41. The van der Waals surface area contributed by atoms with Crippen molar-refractivity contribution in [2.45, 2.75) is 31.7 Å². The van der Waals surface area contributed by atoms with Gasteiger partial charge in [0, 0.05) is 12.6 Å². The molecule has 0 spiro atoms. The SMILES string of the molecule is N=C(N)N(CC1CC1)C1CC1. The average Bonchev–Trinajstić information content (AvgIpc) is 2.78. The van der Waals surface area contributed by atoms with Crippen LogP contribution < -0.4 is 5.73 Å². The predicted octanol–water partition coefficient (Wildman–Crippen LogP) is 0.754. The summed E-state index contributed by atoms with van der Waals surface area (Å²) in [6.07, 6.45) is 5.17. The highest BCUT2D eigenvalue weighted by Gasteiger charge is 2.34. The Morgan fingerprint density at radius 2 is 2.00 bits per heavy atom.